The number of ether oxygens (including phenoxy) is 1. The number of aliphatic imine (C=N–C) groups is 1. The third kappa shape index (κ3) is 13.6. The van der Waals surface area contributed by atoms with E-state index in [-0.39, 0.29) is 42.0 Å². The van der Waals surface area contributed by atoms with Crippen molar-refractivity contribution in [2.45, 2.75) is 26.3 Å². The van der Waals surface area contributed by atoms with Crippen LogP contribution in [0.5, 0.6) is 0 Å². The fourth-order valence-corrected chi connectivity index (χ4v) is 1.22. The fraction of sp³-hybridized carbons (Fsp3) is 0.692. The van der Waals surface area contributed by atoms with Crippen LogP contribution in [0, 0.1) is 0 Å². The molecule has 0 atom stereocenters. The molecule has 20 heavy (non-hydrogen) atoms. The lowest BCUT2D eigenvalue weighted by Gasteiger charge is -2.20. The number of carbonyl (C=O) groups is 1. The molecule has 6 nitrogen and oxygen atoms in total. The molecule has 0 saturated heterocycles. The zero-order valence-corrected chi connectivity index (χ0v) is 15.1. The Bertz CT molecular complexity index is 314. The first-order chi connectivity index (χ1) is 8.89. The summed E-state index contributed by atoms with van der Waals surface area (Å²) in [7, 11) is 1.63. The minimum absolute atomic E-state index is 0. The second-order valence-electron chi connectivity index (χ2n) is 5.05. The second kappa shape index (κ2) is 12.0. The summed E-state index contributed by atoms with van der Waals surface area (Å²) in [5.41, 5.74) is -0.245. The van der Waals surface area contributed by atoms with Crippen LogP contribution in [0.25, 0.3) is 0 Å². The topological polar surface area (TPSA) is 74.8 Å². The van der Waals surface area contributed by atoms with E-state index >= 15 is 0 Å². The molecule has 0 aromatic heterocycles. The molecule has 0 aliphatic carbocycles. The predicted octanol–water partition coefficient (Wildman–Crippen LogP) is 0.887. The van der Waals surface area contributed by atoms with Gasteiger partial charge in [0.1, 0.15) is 6.54 Å². The maximum Gasteiger partial charge on any atom is 0.242 e. The molecule has 0 unspecified atom stereocenters. The summed E-state index contributed by atoms with van der Waals surface area (Å²) in [6.45, 7) is 11.3. The highest BCUT2D eigenvalue weighted by atomic mass is 127. The Morgan fingerprint density at radius 2 is 2.00 bits per heavy atom. The van der Waals surface area contributed by atoms with Crippen LogP contribution in [0.4, 0.5) is 0 Å². The summed E-state index contributed by atoms with van der Waals surface area (Å²) < 4.78 is 4.94. The van der Waals surface area contributed by atoms with Crippen LogP contribution in [0.3, 0.4) is 0 Å². The molecule has 0 aliphatic heterocycles. The molecule has 0 rings (SSSR count). The van der Waals surface area contributed by atoms with Gasteiger partial charge in [-0.05, 0) is 20.8 Å². The Kier molecular flexibility index (Phi) is 12.8. The molecular formula is C13H27IN4O2. The number of amides is 1. The first-order valence-electron chi connectivity index (χ1n) is 6.32. The summed E-state index contributed by atoms with van der Waals surface area (Å²) in [5.74, 6) is 0.458. The summed E-state index contributed by atoms with van der Waals surface area (Å²) in [6, 6.07) is 0. The molecular weight excluding hydrogens is 371 g/mol. The van der Waals surface area contributed by atoms with E-state index < -0.39 is 0 Å². The molecule has 0 aromatic carbocycles. The van der Waals surface area contributed by atoms with Crippen molar-refractivity contribution >= 4 is 35.8 Å². The molecule has 0 bridgehead atoms. The van der Waals surface area contributed by atoms with E-state index in [2.05, 4.69) is 27.5 Å². The van der Waals surface area contributed by atoms with Crippen LogP contribution in [0.1, 0.15) is 20.8 Å². The second-order valence-corrected chi connectivity index (χ2v) is 5.05. The molecule has 0 radical (unpaired) electrons. The Labute approximate surface area is 138 Å². The van der Waals surface area contributed by atoms with Crippen molar-refractivity contribution in [2.24, 2.45) is 4.99 Å². The van der Waals surface area contributed by atoms with E-state index in [0.717, 1.165) is 0 Å². The number of halogens is 1. The van der Waals surface area contributed by atoms with E-state index in [1.807, 2.05) is 20.8 Å². The van der Waals surface area contributed by atoms with Gasteiger partial charge in [0, 0.05) is 25.7 Å². The number of rotatable bonds is 7. The average Bonchev–Trinajstić information content (AvgIpc) is 2.30. The third-order valence-electron chi connectivity index (χ3n) is 1.91. The van der Waals surface area contributed by atoms with Gasteiger partial charge < -0.3 is 20.7 Å². The van der Waals surface area contributed by atoms with E-state index in [4.69, 9.17) is 4.74 Å². The summed E-state index contributed by atoms with van der Waals surface area (Å²) in [5, 5.41) is 8.94. The zero-order valence-electron chi connectivity index (χ0n) is 12.8. The van der Waals surface area contributed by atoms with E-state index in [9.17, 15) is 4.79 Å². The minimum Gasteiger partial charge on any atom is -0.383 e. The Morgan fingerprint density at radius 1 is 1.35 bits per heavy atom. The van der Waals surface area contributed by atoms with E-state index in [1.54, 1.807) is 13.2 Å². The molecule has 0 spiro atoms. The zero-order chi connectivity index (χ0) is 14.7. The van der Waals surface area contributed by atoms with Gasteiger partial charge in [0.05, 0.1) is 6.61 Å². The molecule has 3 N–H and O–H groups in total. The number of methoxy groups -OCH3 is 1. The summed E-state index contributed by atoms with van der Waals surface area (Å²) in [6.07, 6.45) is 1.72. The monoisotopic (exact) mass is 398 g/mol. The quantitative estimate of drug-likeness (QED) is 0.196. The average molecular weight is 398 g/mol. The SMILES string of the molecule is C=CCNC(=NCC(=O)NC(C)(C)C)NCCOC.I. The van der Waals surface area contributed by atoms with Crippen LogP contribution >= 0.6 is 24.0 Å². The van der Waals surface area contributed by atoms with Gasteiger partial charge in [0.25, 0.3) is 0 Å². The highest BCUT2D eigenvalue weighted by molar-refractivity contribution is 14.0. The molecule has 1 amide bonds. The van der Waals surface area contributed by atoms with Crippen molar-refractivity contribution in [3.63, 3.8) is 0 Å². The normalized spacial score (nSPS) is 11.3. The maximum atomic E-state index is 11.6. The van der Waals surface area contributed by atoms with Crippen LogP contribution < -0.4 is 16.0 Å². The molecule has 0 heterocycles. The van der Waals surface area contributed by atoms with Gasteiger partial charge >= 0.3 is 0 Å². The van der Waals surface area contributed by atoms with Gasteiger partial charge in [0.2, 0.25) is 5.91 Å². The highest BCUT2D eigenvalue weighted by Crippen LogP contribution is 1.97. The van der Waals surface area contributed by atoms with Crippen molar-refractivity contribution in [2.75, 3.05) is 33.4 Å². The van der Waals surface area contributed by atoms with Crippen molar-refractivity contribution in [1.29, 1.82) is 0 Å². The van der Waals surface area contributed by atoms with Gasteiger partial charge in [-0.15, -0.1) is 30.6 Å². The van der Waals surface area contributed by atoms with Crippen molar-refractivity contribution in [3.05, 3.63) is 12.7 Å². The predicted molar refractivity (Wildman–Crippen MR) is 93.7 cm³/mol. The van der Waals surface area contributed by atoms with Gasteiger partial charge in [-0.2, -0.15) is 0 Å². The lowest BCUT2D eigenvalue weighted by Crippen LogP contribution is -2.43. The summed E-state index contributed by atoms with van der Waals surface area (Å²) in [4.78, 5) is 15.8. The largest absolute Gasteiger partial charge is 0.383 e. The maximum absolute atomic E-state index is 11.6. The standard InChI is InChI=1S/C13H26N4O2.HI/c1-6-7-14-12(15-8-9-19-5)16-10-11(18)17-13(2,3)4;/h6H,1,7-10H2,2-5H3,(H,17,18)(H2,14,15,16);1H. The Hall–Kier alpha value is -0.830. The number of hydrogen-bond acceptors (Lipinski definition) is 3. The summed E-state index contributed by atoms with van der Waals surface area (Å²) >= 11 is 0. The van der Waals surface area contributed by atoms with Crippen molar-refractivity contribution in [1.82, 2.24) is 16.0 Å². The molecule has 0 fully saturated rings. The molecule has 0 aliphatic rings. The minimum atomic E-state index is -0.245. The van der Waals surface area contributed by atoms with Crippen LogP contribution in [-0.4, -0.2) is 50.8 Å². The molecule has 118 valence electrons. The fourth-order valence-electron chi connectivity index (χ4n) is 1.22. The first kappa shape index (κ1) is 21.5. The van der Waals surface area contributed by atoms with Gasteiger partial charge in [-0.1, -0.05) is 6.08 Å². The van der Waals surface area contributed by atoms with E-state index in [1.165, 1.54) is 0 Å². The highest BCUT2D eigenvalue weighted by Gasteiger charge is 2.13. The Morgan fingerprint density at radius 3 is 2.50 bits per heavy atom. The molecule has 0 aromatic rings. The number of guanidine groups is 1. The first-order valence-corrected chi connectivity index (χ1v) is 6.32. The number of nitrogens with one attached hydrogen (secondary N) is 3. The lowest BCUT2D eigenvalue weighted by atomic mass is 10.1. The molecule has 7 heteroatoms. The van der Waals surface area contributed by atoms with Crippen molar-refractivity contribution in [3.8, 4) is 0 Å². The van der Waals surface area contributed by atoms with Gasteiger partial charge in [-0.3, -0.25) is 4.79 Å². The van der Waals surface area contributed by atoms with Crippen LogP contribution in [0.15, 0.2) is 17.6 Å². The third-order valence-corrected chi connectivity index (χ3v) is 1.91. The number of nitrogens with zero attached hydrogens (tertiary/aromatic N) is 1. The van der Waals surface area contributed by atoms with Gasteiger partial charge in [-0.25, -0.2) is 4.99 Å². The van der Waals surface area contributed by atoms with E-state index in [0.29, 0.717) is 25.7 Å². The smallest absolute Gasteiger partial charge is 0.242 e. The molecule has 0 saturated carbocycles. The van der Waals surface area contributed by atoms with Crippen LogP contribution in [0.2, 0.25) is 0 Å². The Balaban J connectivity index is 0. The van der Waals surface area contributed by atoms with Crippen molar-refractivity contribution < 1.29 is 9.53 Å². The van der Waals surface area contributed by atoms with Gasteiger partial charge in [0.15, 0.2) is 5.96 Å². The number of hydrogen-bond donors (Lipinski definition) is 3. The number of carbonyl (C=O) groups excluding carboxylic acids is 1. The van der Waals surface area contributed by atoms with Crippen LogP contribution in [-0.2, 0) is 9.53 Å². The lowest BCUT2D eigenvalue weighted by molar-refractivity contribution is -0.121.